The molecule has 1 aliphatic carbocycles. The molecule has 2 aromatic rings. The van der Waals surface area contributed by atoms with Crippen molar-refractivity contribution >= 4 is 17.5 Å². The second kappa shape index (κ2) is 7.93. The molecule has 132 valence electrons. The Morgan fingerprint density at radius 3 is 2.68 bits per heavy atom. The van der Waals surface area contributed by atoms with Crippen molar-refractivity contribution < 1.29 is 4.79 Å². The summed E-state index contributed by atoms with van der Waals surface area (Å²) in [5, 5.41) is 0.660. The maximum atomic E-state index is 12.9. The number of rotatable bonds is 5. The summed E-state index contributed by atoms with van der Waals surface area (Å²) < 4.78 is 0. The Balaban J connectivity index is 1.85. The van der Waals surface area contributed by atoms with E-state index in [1.165, 1.54) is 0 Å². The molecule has 1 saturated carbocycles. The molecule has 5 nitrogen and oxygen atoms in total. The number of carbonyl (C=O) groups is 1. The molecule has 3 atom stereocenters. The molecule has 25 heavy (non-hydrogen) atoms. The monoisotopic (exact) mass is 358 g/mol. The second-order valence-electron chi connectivity index (χ2n) is 6.65. The Morgan fingerprint density at radius 2 is 2.08 bits per heavy atom. The van der Waals surface area contributed by atoms with Gasteiger partial charge in [0.25, 0.3) is 0 Å². The molecule has 1 amide bonds. The quantitative estimate of drug-likeness (QED) is 0.890. The van der Waals surface area contributed by atoms with E-state index in [9.17, 15) is 4.79 Å². The molecule has 0 saturated heterocycles. The third-order valence-corrected chi connectivity index (χ3v) is 5.24. The number of carbonyl (C=O) groups excluding carboxylic acids is 1. The minimum Gasteiger partial charge on any atom is -0.333 e. The number of nitrogens with two attached hydrogens (primary N) is 1. The van der Waals surface area contributed by atoms with Crippen LogP contribution in [-0.4, -0.2) is 33.9 Å². The summed E-state index contributed by atoms with van der Waals surface area (Å²) in [4.78, 5) is 23.2. The number of hydrogen-bond acceptors (Lipinski definition) is 4. The van der Waals surface area contributed by atoms with Crippen LogP contribution in [0.1, 0.15) is 43.0 Å². The van der Waals surface area contributed by atoms with Crippen LogP contribution in [0.4, 0.5) is 0 Å². The molecule has 1 heterocycles. The van der Waals surface area contributed by atoms with Gasteiger partial charge in [0.15, 0.2) is 0 Å². The highest BCUT2D eigenvalue weighted by Gasteiger charge is 2.30. The van der Waals surface area contributed by atoms with E-state index in [0.717, 1.165) is 30.5 Å². The lowest BCUT2D eigenvalue weighted by Gasteiger charge is -2.29. The average molecular weight is 359 g/mol. The van der Waals surface area contributed by atoms with Crippen LogP contribution in [0, 0.1) is 5.92 Å². The van der Waals surface area contributed by atoms with Gasteiger partial charge >= 0.3 is 0 Å². The normalized spacial score (nSPS) is 21.1. The van der Waals surface area contributed by atoms with Gasteiger partial charge in [-0.2, -0.15) is 0 Å². The number of halogens is 1. The van der Waals surface area contributed by atoms with Crippen molar-refractivity contribution in [2.24, 2.45) is 11.7 Å². The number of aromatic nitrogens is 2. The van der Waals surface area contributed by atoms with Gasteiger partial charge in [0, 0.05) is 36.9 Å². The lowest BCUT2D eigenvalue weighted by molar-refractivity contribution is -0.132. The van der Waals surface area contributed by atoms with Crippen LogP contribution in [0.3, 0.4) is 0 Å². The van der Waals surface area contributed by atoms with Gasteiger partial charge in [-0.15, -0.1) is 0 Å². The molecule has 0 spiro atoms. The van der Waals surface area contributed by atoms with Crippen LogP contribution in [0.2, 0.25) is 5.02 Å². The first kappa shape index (κ1) is 17.8. The molecule has 1 aliphatic rings. The van der Waals surface area contributed by atoms with Gasteiger partial charge in [-0.3, -0.25) is 14.8 Å². The number of hydrogen-bond donors (Lipinski definition) is 1. The Hall–Kier alpha value is -1.98. The van der Waals surface area contributed by atoms with E-state index in [1.54, 1.807) is 23.5 Å². The summed E-state index contributed by atoms with van der Waals surface area (Å²) in [5.74, 6) is 0.343. The van der Waals surface area contributed by atoms with E-state index in [1.807, 2.05) is 31.3 Å². The molecular formula is C19H23ClN4O. The van der Waals surface area contributed by atoms with Crippen LogP contribution < -0.4 is 5.73 Å². The number of amides is 1. The SMILES string of the molecule is CN(C(=O)C[C@@H]1CCC[C@H]1N)C(c1ccc(Cl)cc1)c1cnccn1. The van der Waals surface area contributed by atoms with Crippen molar-refractivity contribution in [3.63, 3.8) is 0 Å². The van der Waals surface area contributed by atoms with Gasteiger partial charge in [0.05, 0.1) is 11.9 Å². The first-order valence-corrected chi connectivity index (χ1v) is 8.96. The first-order chi connectivity index (χ1) is 12.1. The molecule has 1 fully saturated rings. The minimum absolute atomic E-state index is 0.0768. The summed E-state index contributed by atoms with van der Waals surface area (Å²) in [5.41, 5.74) is 7.82. The number of benzene rings is 1. The zero-order valence-corrected chi connectivity index (χ0v) is 15.1. The lowest BCUT2D eigenvalue weighted by Crippen LogP contribution is -2.36. The van der Waals surface area contributed by atoms with Gasteiger partial charge in [-0.1, -0.05) is 30.2 Å². The lowest BCUT2D eigenvalue weighted by atomic mass is 9.97. The highest BCUT2D eigenvalue weighted by molar-refractivity contribution is 6.30. The molecule has 0 radical (unpaired) electrons. The molecule has 0 bridgehead atoms. The average Bonchev–Trinajstić information content (AvgIpc) is 3.02. The Morgan fingerprint density at radius 1 is 1.32 bits per heavy atom. The first-order valence-electron chi connectivity index (χ1n) is 8.59. The standard InChI is InChI=1S/C19H23ClN4O/c1-24(18(25)11-14-3-2-4-16(14)21)19(17-12-22-9-10-23-17)13-5-7-15(20)8-6-13/h5-10,12,14,16,19H,2-4,11,21H2,1H3/t14-,16+,19?/m0/s1. The van der Waals surface area contributed by atoms with E-state index in [0.29, 0.717) is 11.4 Å². The smallest absolute Gasteiger partial charge is 0.223 e. The molecule has 6 heteroatoms. The predicted molar refractivity (Wildman–Crippen MR) is 98.0 cm³/mol. The predicted octanol–water partition coefficient (Wildman–Crippen LogP) is 3.20. The molecule has 0 aliphatic heterocycles. The molecule has 1 unspecified atom stereocenters. The zero-order chi connectivity index (χ0) is 17.8. The van der Waals surface area contributed by atoms with Crippen molar-refractivity contribution in [2.45, 2.75) is 37.8 Å². The van der Waals surface area contributed by atoms with Gasteiger partial charge < -0.3 is 10.6 Å². The van der Waals surface area contributed by atoms with Crippen molar-refractivity contribution in [1.82, 2.24) is 14.9 Å². The topological polar surface area (TPSA) is 72.1 Å². The summed E-state index contributed by atoms with van der Waals surface area (Å²) in [7, 11) is 1.82. The molecular weight excluding hydrogens is 336 g/mol. The molecule has 1 aromatic heterocycles. The van der Waals surface area contributed by atoms with E-state index >= 15 is 0 Å². The van der Waals surface area contributed by atoms with Gasteiger partial charge in [0.1, 0.15) is 6.04 Å². The van der Waals surface area contributed by atoms with Gasteiger partial charge in [-0.05, 0) is 36.5 Å². The Bertz CT molecular complexity index is 707. The summed E-state index contributed by atoms with van der Waals surface area (Å²) in [6, 6.07) is 7.33. The Kier molecular flexibility index (Phi) is 5.66. The zero-order valence-electron chi connectivity index (χ0n) is 14.3. The Labute approximate surface area is 153 Å². The van der Waals surface area contributed by atoms with Gasteiger partial charge in [-0.25, -0.2) is 0 Å². The fraction of sp³-hybridized carbons (Fsp3) is 0.421. The minimum atomic E-state index is -0.295. The molecule has 1 aromatic carbocycles. The van der Waals surface area contributed by atoms with Crippen molar-refractivity contribution in [1.29, 1.82) is 0 Å². The van der Waals surface area contributed by atoms with Crippen molar-refractivity contribution in [3.8, 4) is 0 Å². The highest BCUT2D eigenvalue weighted by atomic mass is 35.5. The van der Waals surface area contributed by atoms with E-state index < -0.39 is 0 Å². The maximum Gasteiger partial charge on any atom is 0.223 e. The molecule has 2 N–H and O–H groups in total. The fourth-order valence-electron chi connectivity index (χ4n) is 3.52. The largest absolute Gasteiger partial charge is 0.333 e. The van der Waals surface area contributed by atoms with E-state index in [2.05, 4.69) is 9.97 Å². The van der Waals surface area contributed by atoms with E-state index in [-0.39, 0.29) is 23.9 Å². The summed E-state index contributed by atoms with van der Waals surface area (Å²) in [6.07, 6.45) is 8.58. The van der Waals surface area contributed by atoms with E-state index in [4.69, 9.17) is 17.3 Å². The van der Waals surface area contributed by atoms with Crippen LogP contribution in [-0.2, 0) is 4.79 Å². The number of nitrogens with zero attached hydrogens (tertiary/aromatic N) is 3. The molecule has 3 rings (SSSR count). The van der Waals surface area contributed by atoms with Crippen LogP contribution in [0.15, 0.2) is 42.9 Å². The van der Waals surface area contributed by atoms with Crippen molar-refractivity contribution in [3.05, 3.63) is 59.1 Å². The second-order valence-corrected chi connectivity index (χ2v) is 7.08. The maximum absolute atomic E-state index is 12.9. The van der Waals surface area contributed by atoms with Gasteiger partial charge in [0.2, 0.25) is 5.91 Å². The van der Waals surface area contributed by atoms with Crippen molar-refractivity contribution in [2.75, 3.05) is 7.05 Å². The third kappa shape index (κ3) is 4.17. The fourth-order valence-corrected chi connectivity index (χ4v) is 3.65. The van der Waals surface area contributed by atoms with Crippen LogP contribution in [0.25, 0.3) is 0 Å². The summed E-state index contributed by atoms with van der Waals surface area (Å²) in [6.45, 7) is 0. The highest BCUT2D eigenvalue weighted by Crippen LogP contribution is 2.31. The van der Waals surface area contributed by atoms with Crippen LogP contribution in [0.5, 0.6) is 0 Å². The third-order valence-electron chi connectivity index (χ3n) is 4.98. The van der Waals surface area contributed by atoms with Crippen LogP contribution >= 0.6 is 11.6 Å². The summed E-state index contributed by atoms with van der Waals surface area (Å²) >= 11 is 6.01.